The molecular formula is C13H14F3NO. The summed E-state index contributed by atoms with van der Waals surface area (Å²) in [5.41, 5.74) is 0.0156. The lowest BCUT2D eigenvalue weighted by Gasteiger charge is -2.25. The molecule has 1 aliphatic rings. The maximum atomic E-state index is 13.1. The predicted octanol–water partition coefficient (Wildman–Crippen LogP) is 2.95. The molecule has 1 aromatic carbocycles. The van der Waals surface area contributed by atoms with Crippen LogP contribution in [-0.4, -0.2) is 30.1 Å². The van der Waals surface area contributed by atoms with E-state index in [-0.39, 0.29) is 5.56 Å². The van der Waals surface area contributed by atoms with Gasteiger partial charge in [0.25, 0.3) is 0 Å². The molecule has 0 spiro atoms. The van der Waals surface area contributed by atoms with Crippen molar-refractivity contribution in [3.05, 3.63) is 35.9 Å². The fraction of sp³-hybridized carbons (Fsp3) is 0.462. The Morgan fingerprint density at radius 3 is 2.17 bits per heavy atom. The van der Waals surface area contributed by atoms with Crippen LogP contribution in [0.2, 0.25) is 0 Å². The second kappa shape index (κ2) is 5.00. The largest absolute Gasteiger partial charge is 0.404 e. The van der Waals surface area contributed by atoms with E-state index in [9.17, 15) is 18.0 Å². The van der Waals surface area contributed by atoms with Gasteiger partial charge in [0, 0.05) is 13.1 Å². The Morgan fingerprint density at radius 1 is 1.11 bits per heavy atom. The van der Waals surface area contributed by atoms with E-state index in [1.54, 1.807) is 6.07 Å². The maximum absolute atomic E-state index is 13.1. The Balaban J connectivity index is 2.29. The third kappa shape index (κ3) is 2.66. The molecule has 5 heteroatoms. The van der Waals surface area contributed by atoms with Gasteiger partial charge in [0.2, 0.25) is 5.91 Å². The van der Waals surface area contributed by atoms with Crippen molar-refractivity contribution in [3.8, 4) is 0 Å². The van der Waals surface area contributed by atoms with Gasteiger partial charge in [-0.2, -0.15) is 13.2 Å². The average molecular weight is 257 g/mol. The van der Waals surface area contributed by atoms with E-state index in [1.807, 2.05) is 0 Å². The van der Waals surface area contributed by atoms with Crippen molar-refractivity contribution in [2.75, 3.05) is 13.1 Å². The van der Waals surface area contributed by atoms with E-state index < -0.39 is 18.0 Å². The van der Waals surface area contributed by atoms with Crippen LogP contribution in [0.15, 0.2) is 30.3 Å². The number of nitrogens with zero attached hydrogens (tertiary/aromatic N) is 1. The highest BCUT2D eigenvalue weighted by Gasteiger charge is 2.47. The molecule has 1 aliphatic heterocycles. The molecule has 1 aromatic rings. The standard InChI is InChI=1S/C13H14F3NO/c14-13(15,16)11(10-6-2-1-3-7-10)12(18)17-8-4-5-9-17/h1-3,6-7,11H,4-5,8-9H2/t11-/m1/s1. The smallest absolute Gasteiger partial charge is 0.342 e. The fourth-order valence-corrected chi connectivity index (χ4v) is 2.24. The molecular weight excluding hydrogens is 243 g/mol. The molecule has 1 heterocycles. The van der Waals surface area contributed by atoms with Gasteiger partial charge in [-0.25, -0.2) is 0 Å². The number of amides is 1. The first-order valence-corrected chi connectivity index (χ1v) is 5.90. The minimum absolute atomic E-state index is 0.0156. The van der Waals surface area contributed by atoms with E-state index in [2.05, 4.69) is 0 Å². The van der Waals surface area contributed by atoms with Crippen LogP contribution in [0.25, 0.3) is 0 Å². The lowest BCUT2D eigenvalue weighted by molar-refractivity contribution is -0.171. The highest BCUT2D eigenvalue weighted by atomic mass is 19.4. The third-order valence-corrected chi connectivity index (χ3v) is 3.12. The first-order valence-electron chi connectivity index (χ1n) is 5.90. The normalized spacial score (nSPS) is 17.8. The number of halogens is 3. The monoisotopic (exact) mass is 257 g/mol. The molecule has 2 nitrogen and oxygen atoms in total. The zero-order valence-electron chi connectivity index (χ0n) is 9.78. The minimum atomic E-state index is -4.54. The van der Waals surface area contributed by atoms with Gasteiger partial charge < -0.3 is 4.90 Å². The SMILES string of the molecule is O=C([C@@H](c1ccccc1)C(F)(F)F)N1CCCC1. The van der Waals surface area contributed by atoms with Crippen molar-refractivity contribution in [2.24, 2.45) is 0 Å². The van der Waals surface area contributed by atoms with Crippen LogP contribution in [0.5, 0.6) is 0 Å². The van der Waals surface area contributed by atoms with Crippen molar-refractivity contribution in [1.82, 2.24) is 4.90 Å². The number of alkyl halides is 3. The summed E-state index contributed by atoms with van der Waals surface area (Å²) in [5.74, 6) is -2.86. The molecule has 0 radical (unpaired) electrons. The van der Waals surface area contributed by atoms with Gasteiger partial charge in [-0.3, -0.25) is 4.79 Å². The number of carbonyl (C=O) groups excluding carboxylic acids is 1. The van der Waals surface area contributed by atoms with Crippen molar-refractivity contribution in [2.45, 2.75) is 24.9 Å². The number of benzene rings is 1. The topological polar surface area (TPSA) is 20.3 Å². The van der Waals surface area contributed by atoms with Crippen molar-refractivity contribution >= 4 is 5.91 Å². The molecule has 1 amide bonds. The summed E-state index contributed by atoms with van der Waals surface area (Å²) >= 11 is 0. The molecule has 0 aromatic heterocycles. The number of hydrogen-bond acceptors (Lipinski definition) is 1. The predicted molar refractivity (Wildman–Crippen MR) is 61.1 cm³/mol. The van der Waals surface area contributed by atoms with E-state index >= 15 is 0 Å². The van der Waals surface area contributed by atoms with Crippen molar-refractivity contribution < 1.29 is 18.0 Å². The quantitative estimate of drug-likeness (QED) is 0.797. The zero-order valence-corrected chi connectivity index (χ0v) is 9.78. The Morgan fingerprint density at radius 2 is 1.67 bits per heavy atom. The van der Waals surface area contributed by atoms with Gasteiger partial charge in [0.05, 0.1) is 0 Å². The summed E-state index contributed by atoms with van der Waals surface area (Å²) in [6, 6.07) is 7.38. The van der Waals surface area contributed by atoms with Crippen LogP contribution < -0.4 is 0 Å². The van der Waals surface area contributed by atoms with Gasteiger partial charge in [-0.15, -0.1) is 0 Å². The fourth-order valence-electron chi connectivity index (χ4n) is 2.24. The lowest BCUT2D eigenvalue weighted by Crippen LogP contribution is -2.39. The highest BCUT2D eigenvalue weighted by molar-refractivity contribution is 5.84. The number of likely N-dealkylation sites (tertiary alicyclic amines) is 1. The molecule has 98 valence electrons. The summed E-state index contributed by atoms with van der Waals surface area (Å²) in [5, 5.41) is 0. The first-order chi connectivity index (χ1) is 8.50. The summed E-state index contributed by atoms with van der Waals surface area (Å²) in [6.45, 7) is 0.858. The Bertz CT molecular complexity index is 410. The second-order valence-electron chi connectivity index (χ2n) is 4.42. The zero-order chi connectivity index (χ0) is 13.2. The summed E-state index contributed by atoms with van der Waals surface area (Å²) in [6.07, 6.45) is -2.97. The van der Waals surface area contributed by atoms with Gasteiger partial charge in [0.15, 0.2) is 5.92 Å². The summed E-state index contributed by atoms with van der Waals surface area (Å²) < 4.78 is 39.2. The molecule has 0 unspecified atom stereocenters. The minimum Gasteiger partial charge on any atom is -0.342 e. The Kier molecular flexibility index (Phi) is 3.59. The molecule has 1 saturated heterocycles. The second-order valence-corrected chi connectivity index (χ2v) is 4.42. The van der Waals surface area contributed by atoms with Crippen LogP contribution in [-0.2, 0) is 4.79 Å². The van der Waals surface area contributed by atoms with E-state index in [0.717, 1.165) is 12.8 Å². The van der Waals surface area contributed by atoms with E-state index in [0.29, 0.717) is 13.1 Å². The van der Waals surface area contributed by atoms with Crippen molar-refractivity contribution in [3.63, 3.8) is 0 Å². The van der Waals surface area contributed by atoms with Crippen LogP contribution in [0.4, 0.5) is 13.2 Å². The number of carbonyl (C=O) groups is 1. The maximum Gasteiger partial charge on any atom is 0.404 e. The van der Waals surface area contributed by atoms with E-state index in [1.165, 1.54) is 29.2 Å². The van der Waals surface area contributed by atoms with Gasteiger partial charge in [-0.1, -0.05) is 30.3 Å². The van der Waals surface area contributed by atoms with E-state index in [4.69, 9.17) is 0 Å². The van der Waals surface area contributed by atoms with Gasteiger partial charge in [0.1, 0.15) is 0 Å². The molecule has 0 N–H and O–H groups in total. The molecule has 18 heavy (non-hydrogen) atoms. The molecule has 0 aliphatic carbocycles. The molecule has 1 fully saturated rings. The van der Waals surface area contributed by atoms with Gasteiger partial charge >= 0.3 is 6.18 Å². The number of rotatable bonds is 2. The van der Waals surface area contributed by atoms with Crippen LogP contribution in [0.3, 0.4) is 0 Å². The molecule has 2 rings (SSSR count). The van der Waals surface area contributed by atoms with Crippen LogP contribution >= 0.6 is 0 Å². The van der Waals surface area contributed by atoms with Gasteiger partial charge in [-0.05, 0) is 18.4 Å². The Labute approximate surface area is 103 Å². The van der Waals surface area contributed by atoms with Crippen LogP contribution in [0.1, 0.15) is 24.3 Å². The molecule has 1 atom stereocenters. The highest BCUT2D eigenvalue weighted by Crippen LogP contribution is 2.36. The lowest BCUT2D eigenvalue weighted by atomic mass is 9.97. The molecule has 0 saturated carbocycles. The number of hydrogen-bond donors (Lipinski definition) is 0. The Hall–Kier alpha value is -1.52. The van der Waals surface area contributed by atoms with Crippen molar-refractivity contribution in [1.29, 1.82) is 0 Å². The molecule has 0 bridgehead atoms. The third-order valence-electron chi connectivity index (χ3n) is 3.12. The summed E-state index contributed by atoms with van der Waals surface area (Å²) in [4.78, 5) is 13.3. The first kappa shape index (κ1) is 12.9. The van der Waals surface area contributed by atoms with Crippen LogP contribution in [0, 0.1) is 0 Å². The summed E-state index contributed by atoms with van der Waals surface area (Å²) in [7, 11) is 0. The average Bonchev–Trinajstić information content (AvgIpc) is 2.82.